The van der Waals surface area contributed by atoms with Gasteiger partial charge in [0.2, 0.25) is 5.91 Å². The molecule has 4 rings (SSSR count). The average Bonchev–Trinajstić information content (AvgIpc) is 3.11. The Morgan fingerprint density at radius 3 is 2.61 bits per heavy atom. The Morgan fingerprint density at radius 2 is 1.94 bits per heavy atom. The smallest absolute Gasteiger partial charge is 0.250 e. The zero-order valence-electron chi connectivity index (χ0n) is 17.2. The molecule has 8 nitrogen and oxygen atoms in total. The van der Waals surface area contributed by atoms with Gasteiger partial charge >= 0.3 is 0 Å². The molecule has 0 saturated carbocycles. The number of sulfone groups is 1. The number of primary amides is 1. The molecule has 0 aliphatic carbocycles. The van der Waals surface area contributed by atoms with Crippen molar-refractivity contribution in [2.24, 2.45) is 5.73 Å². The summed E-state index contributed by atoms with van der Waals surface area (Å²) in [6, 6.07) is 9.21. The van der Waals surface area contributed by atoms with E-state index in [0.717, 1.165) is 10.9 Å². The second-order valence-electron chi connectivity index (χ2n) is 8.10. The number of benzene rings is 1. The van der Waals surface area contributed by atoms with Gasteiger partial charge < -0.3 is 16.0 Å². The van der Waals surface area contributed by atoms with Crippen molar-refractivity contribution in [3.63, 3.8) is 0 Å². The van der Waals surface area contributed by atoms with Gasteiger partial charge in [0.25, 0.3) is 5.91 Å². The average molecular weight is 443 g/mol. The first kappa shape index (κ1) is 21.5. The summed E-state index contributed by atoms with van der Waals surface area (Å²) in [6.45, 7) is 1.61. The third-order valence-corrected chi connectivity index (χ3v) is 7.32. The van der Waals surface area contributed by atoms with Gasteiger partial charge in [-0.25, -0.2) is 8.42 Å². The minimum atomic E-state index is -3.10. The van der Waals surface area contributed by atoms with Crippen molar-refractivity contribution in [3.05, 3.63) is 53.1 Å². The van der Waals surface area contributed by atoms with Crippen LogP contribution in [0.2, 0.25) is 0 Å². The van der Waals surface area contributed by atoms with Gasteiger partial charge in [0.05, 0.1) is 22.5 Å². The number of aromatic nitrogens is 1. The third kappa shape index (κ3) is 4.94. The molecule has 2 aliphatic rings. The van der Waals surface area contributed by atoms with Crippen LogP contribution >= 0.6 is 0 Å². The van der Waals surface area contributed by atoms with E-state index >= 15 is 0 Å². The fourth-order valence-electron chi connectivity index (χ4n) is 4.27. The normalized spacial score (nSPS) is 20.9. The topological polar surface area (TPSA) is 122 Å². The van der Waals surface area contributed by atoms with E-state index in [9.17, 15) is 18.0 Å². The molecule has 1 fully saturated rings. The zero-order valence-corrected chi connectivity index (χ0v) is 18.0. The number of hydrogen-bond donors (Lipinski definition) is 2. The van der Waals surface area contributed by atoms with E-state index in [1.54, 1.807) is 12.1 Å². The first-order valence-electron chi connectivity index (χ1n) is 10.4. The number of hydrogen-bond acceptors (Lipinski definition) is 6. The molecule has 2 amide bonds. The second-order valence-corrected chi connectivity index (χ2v) is 10.0. The van der Waals surface area contributed by atoms with Crippen molar-refractivity contribution in [3.8, 4) is 0 Å². The minimum Gasteiger partial charge on any atom is -0.366 e. The number of carbonyl (C=O) groups excluding carboxylic acids is 2. The Kier molecular flexibility index (Phi) is 6.06. The summed E-state index contributed by atoms with van der Waals surface area (Å²) < 4.78 is 22.9. The van der Waals surface area contributed by atoms with Gasteiger partial charge in [-0.3, -0.25) is 14.6 Å². The zero-order chi connectivity index (χ0) is 22.0. The molecule has 1 unspecified atom stereocenters. The number of nitrogens with zero attached hydrogens (tertiary/aromatic N) is 2. The lowest BCUT2D eigenvalue weighted by Crippen LogP contribution is -2.40. The molecular formula is C22H26N4O4S. The number of nitrogens with one attached hydrogen (secondary N) is 1. The monoisotopic (exact) mass is 442 g/mol. The van der Waals surface area contributed by atoms with Crippen molar-refractivity contribution in [2.45, 2.75) is 31.2 Å². The highest BCUT2D eigenvalue weighted by molar-refractivity contribution is 7.94. The van der Waals surface area contributed by atoms with E-state index in [1.165, 1.54) is 5.41 Å². The summed E-state index contributed by atoms with van der Waals surface area (Å²) in [6.07, 6.45) is 3.37. The van der Waals surface area contributed by atoms with E-state index in [1.807, 2.05) is 29.2 Å². The van der Waals surface area contributed by atoms with Crippen molar-refractivity contribution < 1.29 is 18.0 Å². The Labute approximate surface area is 181 Å². The molecule has 3 heterocycles. The fourth-order valence-corrected chi connectivity index (χ4v) is 5.54. The maximum atomic E-state index is 12.6. The molecule has 2 aromatic rings. The summed E-state index contributed by atoms with van der Waals surface area (Å²) in [4.78, 5) is 31.1. The van der Waals surface area contributed by atoms with Crippen LogP contribution in [0.3, 0.4) is 0 Å². The number of amides is 2. The summed E-state index contributed by atoms with van der Waals surface area (Å²) in [5, 5.41) is 5.20. The maximum Gasteiger partial charge on any atom is 0.250 e. The molecule has 0 radical (unpaired) electrons. The van der Waals surface area contributed by atoms with Crippen LogP contribution in [0.15, 0.2) is 41.8 Å². The van der Waals surface area contributed by atoms with Crippen LogP contribution in [0.5, 0.6) is 0 Å². The molecule has 9 heteroatoms. The molecule has 3 N–H and O–H groups in total. The quantitative estimate of drug-likeness (QED) is 0.696. The van der Waals surface area contributed by atoms with Gasteiger partial charge in [-0.1, -0.05) is 24.3 Å². The van der Waals surface area contributed by atoms with Crippen LogP contribution in [0.4, 0.5) is 0 Å². The highest BCUT2D eigenvalue weighted by atomic mass is 32.2. The fraction of sp³-hybridized carbons (Fsp3) is 0.409. The number of carbonyl (C=O) groups is 2. The number of para-hydroxylation sites is 1. The molecule has 0 bridgehead atoms. The summed E-state index contributed by atoms with van der Waals surface area (Å²) >= 11 is 0. The minimum absolute atomic E-state index is 0.0392. The van der Waals surface area contributed by atoms with E-state index in [2.05, 4.69) is 5.32 Å². The number of likely N-dealkylation sites (tertiary alicyclic amines) is 1. The molecule has 31 heavy (non-hydrogen) atoms. The number of fused-ring (bicyclic) bond motifs is 1. The lowest BCUT2D eigenvalue weighted by Gasteiger charge is -2.32. The van der Waals surface area contributed by atoms with Gasteiger partial charge in [-0.15, -0.1) is 0 Å². The Hall–Kier alpha value is -2.78. The van der Waals surface area contributed by atoms with Crippen LogP contribution in [-0.4, -0.2) is 61.5 Å². The molecule has 2 aliphatic heterocycles. The highest BCUT2D eigenvalue weighted by Gasteiger charge is 2.28. The number of rotatable bonds is 6. The molecule has 1 saturated heterocycles. The van der Waals surface area contributed by atoms with Crippen molar-refractivity contribution in [1.29, 1.82) is 0 Å². The second kappa shape index (κ2) is 8.76. The van der Waals surface area contributed by atoms with Crippen LogP contribution in [0.25, 0.3) is 10.9 Å². The van der Waals surface area contributed by atoms with Crippen molar-refractivity contribution >= 4 is 32.6 Å². The van der Waals surface area contributed by atoms with Crippen molar-refractivity contribution in [2.75, 3.05) is 25.4 Å². The van der Waals surface area contributed by atoms with Crippen LogP contribution in [-0.2, 0) is 14.6 Å². The molecule has 164 valence electrons. The molecule has 1 aromatic carbocycles. The van der Waals surface area contributed by atoms with Gasteiger partial charge in [0, 0.05) is 48.8 Å². The summed E-state index contributed by atoms with van der Waals surface area (Å²) in [5.74, 6) is -0.325. The van der Waals surface area contributed by atoms with E-state index in [4.69, 9.17) is 10.7 Å². The van der Waals surface area contributed by atoms with Gasteiger partial charge in [0.1, 0.15) is 0 Å². The Balaban J connectivity index is 1.34. The summed E-state index contributed by atoms with van der Waals surface area (Å²) in [5.41, 5.74) is 7.62. The number of pyridine rings is 1. The number of piperidine rings is 1. The first-order valence-corrected chi connectivity index (χ1v) is 12.2. The molecule has 0 spiro atoms. The highest BCUT2D eigenvalue weighted by Crippen LogP contribution is 2.31. The van der Waals surface area contributed by atoms with Gasteiger partial charge in [0.15, 0.2) is 9.84 Å². The van der Waals surface area contributed by atoms with E-state index in [-0.39, 0.29) is 23.6 Å². The number of nitrogens with two attached hydrogens (primary N) is 1. The van der Waals surface area contributed by atoms with E-state index in [0.29, 0.717) is 50.2 Å². The van der Waals surface area contributed by atoms with E-state index < -0.39 is 15.7 Å². The molecular weight excluding hydrogens is 416 g/mol. The first-order chi connectivity index (χ1) is 14.8. The lowest BCUT2D eigenvalue weighted by molar-refractivity contribution is -0.132. The molecule has 1 aromatic heterocycles. The van der Waals surface area contributed by atoms with Gasteiger partial charge in [-0.05, 0) is 25.0 Å². The largest absolute Gasteiger partial charge is 0.366 e. The van der Waals surface area contributed by atoms with Crippen LogP contribution in [0.1, 0.15) is 41.2 Å². The predicted octanol–water partition coefficient (Wildman–Crippen LogP) is 1.33. The van der Waals surface area contributed by atoms with Crippen molar-refractivity contribution in [1.82, 2.24) is 15.2 Å². The van der Waals surface area contributed by atoms with Gasteiger partial charge in [-0.2, -0.15) is 0 Å². The standard InChI is InChI=1S/C22H26N4O4S/c23-22(28)18-13-16-3-1-2-4-19(16)25-21(18)15-6-10-26(11-7-15)20(27)5-9-24-17-8-12-31(29,30)14-17/h1-4,8,12-13,15,17,24H,5-7,9-11,14H2,(H2,23,28). The lowest BCUT2D eigenvalue weighted by atomic mass is 9.89. The SMILES string of the molecule is NC(=O)c1cc2ccccc2nc1C1CCN(C(=O)CCNC2C=CS(=O)(=O)C2)CC1. The Morgan fingerprint density at radius 1 is 1.19 bits per heavy atom. The predicted molar refractivity (Wildman–Crippen MR) is 118 cm³/mol. The van der Waals surface area contributed by atoms with Crippen LogP contribution in [0, 0.1) is 0 Å². The third-order valence-electron chi connectivity index (χ3n) is 5.93. The maximum absolute atomic E-state index is 12.6. The van der Waals surface area contributed by atoms with Crippen LogP contribution < -0.4 is 11.1 Å². The Bertz CT molecular complexity index is 1140. The molecule has 1 atom stereocenters. The summed E-state index contributed by atoms with van der Waals surface area (Å²) in [7, 11) is -3.10.